The molecule has 17 heavy (non-hydrogen) atoms. The molecule has 0 atom stereocenters. The topological polar surface area (TPSA) is 38.3 Å². The first-order valence-electron chi connectivity index (χ1n) is 5.52. The Labute approximate surface area is 107 Å². The van der Waals surface area contributed by atoms with Crippen molar-refractivity contribution in [3.8, 4) is 5.75 Å². The molecule has 0 heterocycles. The average Bonchev–Trinajstić information content (AvgIpc) is 2.22. The van der Waals surface area contributed by atoms with Gasteiger partial charge in [0.2, 0.25) is 0 Å². The van der Waals surface area contributed by atoms with E-state index in [2.05, 4.69) is 21.2 Å². The molecule has 1 aliphatic rings. The zero-order valence-corrected chi connectivity index (χ0v) is 10.8. The van der Waals surface area contributed by atoms with Gasteiger partial charge < -0.3 is 10.1 Å². The molecule has 1 aromatic carbocycles. The zero-order valence-electron chi connectivity index (χ0n) is 9.21. The largest absolute Gasteiger partial charge is 0.481 e. The third kappa shape index (κ3) is 3.43. The number of ether oxygens (including phenoxy) is 1. The SMILES string of the molecule is O=C(COc1ccc(Br)cc1F)NC1CCC1. The number of benzene rings is 1. The molecule has 0 aromatic heterocycles. The van der Waals surface area contributed by atoms with Crippen LogP contribution < -0.4 is 10.1 Å². The first kappa shape index (κ1) is 12.4. The molecule has 0 unspecified atom stereocenters. The third-order valence-electron chi connectivity index (χ3n) is 2.72. The maximum Gasteiger partial charge on any atom is 0.258 e. The van der Waals surface area contributed by atoms with Crippen LogP contribution in [0.1, 0.15) is 19.3 Å². The monoisotopic (exact) mass is 301 g/mol. The summed E-state index contributed by atoms with van der Waals surface area (Å²) in [6.45, 7) is -0.144. The zero-order chi connectivity index (χ0) is 12.3. The second-order valence-electron chi connectivity index (χ2n) is 4.06. The van der Waals surface area contributed by atoms with Gasteiger partial charge in [0.15, 0.2) is 18.2 Å². The van der Waals surface area contributed by atoms with Gasteiger partial charge in [-0.3, -0.25) is 4.79 Å². The Morgan fingerprint density at radius 3 is 2.88 bits per heavy atom. The van der Waals surface area contributed by atoms with Gasteiger partial charge in [-0.2, -0.15) is 0 Å². The highest BCUT2D eigenvalue weighted by Crippen LogP contribution is 2.21. The molecule has 1 fully saturated rings. The molecule has 1 saturated carbocycles. The van der Waals surface area contributed by atoms with Crippen LogP contribution in [0.4, 0.5) is 4.39 Å². The maximum absolute atomic E-state index is 13.4. The van der Waals surface area contributed by atoms with Crippen LogP contribution in [-0.2, 0) is 4.79 Å². The molecular weight excluding hydrogens is 289 g/mol. The van der Waals surface area contributed by atoms with Crippen molar-refractivity contribution in [1.29, 1.82) is 0 Å². The molecule has 0 radical (unpaired) electrons. The second kappa shape index (κ2) is 5.49. The van der Waals surface area contributed by atoms with E-state index in [9.17, 15) is 9.18 Å². The number of amides is 1. The predicted octanol–water partition coefficient (Wildman–Crippen LogP) is 2.64. The van der Waals surface area contributed by atoms with Crippen molar-refractivity contribution in [2.75, 3.05) is 6.61 Å². The Kier molecular flexibility index (Phi) is 3.99. The Bertz CT molecular complexity index is 421. The van der Waals surface area contributed by atoms with Crippen LogP contribution in [0.5, 0.6) is 5.75 Å². The first-order valence-corrected chi connectivity index (χ1v) is 6.31. The van der Waals surface area contributed by atoms with E-state index in [1.54, 1.807) is 6.07 Å². The lowest BCUT2D eigenvalue weighted by Gasteiger charge is -2.26. The third-order valence-corrected chi connectivity index (χ3v) is 3.22. The highest BCUT2D eigenvalue weighted by Gasteiger charge is 2.19. The molecule has 2 rings (SSSR count). The van der Waals surface area contributed by atoms with Gasteiger partial charge in [-0.15, -0.1) is 0 Å². The van der Waals surface area contributed by atoms with Gasteiger partial charge in [0.1, 0.15) is 0 Å². The van der Waals surface area contributed by atoms with Crippen LogP contribution in [0.2, 0.25) is 0 Å². The van der Waals surface area contributed by atoms with Gasteiger partial charge in [0, 0.05) is 10.5 Å². The van der Waals surface area contributed by atoms with E-state index >= 15 is 0 Å². The molecule has 3 nitrogen and oxygen atoms in total. The lowest BCUT2D eigenvalue weighted by atomic mass is 9.93. The number of hydrogen-bond acceptors (Lipinski definition) is 2. The van der Waals surface area contributed by atoms with Crippen molar-refractivity contribution in [2.45, 2.75) is 25.3 Å². The van der Waals surface area contributed by atoms with Crippen molar-refractivity contribution in [3.63, 3.8) is 0 Å². The molecule has 5 heteroatoms. The Balaban J connectivity index is 1.82. The van der Waals surface area contributed by atoms with E-state index in [-0.39, 0.29) is 24.3 Å². The van der Waals surface area contributed by atoms with Crippen LogP contribution >= 0.6 is 15.9 Å². The fourth-order valence-electron chi connectivity index (χ4n) is 1.56. The first-order chi connectivity index (χ1) is 8.15. The second-order valence-corrected chi connectivity index (χ2v) is 4.97. The van der Waals surface area contributed by atoms with Crippen LogP contribution in [0.3, 0.4) is 0 Å². The fourth-order valence-corrected chi connectivity index (χ4v) is 1.89. The molecule has 1 aromatic rings. The average molecular weight is 302 g/mol. The lowest BCUT2D eigenvalue weighted by molar-refractivity contribution is -0.124. The predicted molar refractivity (Wildman–Crippen MR) is 65.4 cm³/mol. The molecule has 0 aliphatic heterocycles. The summed E-state index contributed by atoms with van der Waals surface area (Å²) in [6, 6.07) is 4.75. The van der Waals surface area contributed by atoms with E-state index < -0.39 is 5.82 Å². The van der Waals surface area contributed by atoms with E-state index in [1.165, 1.54) is 12.1 Å². The van der Waals surface area contributed by atoms with E-state index in [4.69, 9.17) is 4.74 Å². The quantitative estimate of drug-likeness (QED) is 0.928. The maximum atomic E-state index is 13.4. The van der Waals surface area contributed by atoms with Crippen LogP contribution in [0.15, 0.2) is 22.7 Å². The standard InChI is InChI=1S/C12H13BrFNO2/c13-8-4-5-11(10(14)6-8)17-7-12(16)15-9-2-1-3-9/h4-6,9H,1-3,7H2,(H,15,16). The van der Waals surface area contributed by atoms with Gasteiger partial charge in [-0.05, 0) is 37.5 Å². The number of hydrogen-bond donors (Lipinski definition) is 1. The number of nitrogens with one attached hydrogen (secondary N) is 1. The van der Waals surface area contributed by atoms with Crippen molar-refractivity contribution >= 4 is 21.8 Å². The smallest absolute Gasteiger partial charge is 0.258 e. The number of halogens is 2. The summed E-state index contributed by atoms with van der Waals surface area (Å²) in [4.78, 5) is 11.4. The van der Waals surface area contributed by atoms with Crippen molar-refractivity contribution in [3.05, 3.63) is 28.5 Å². The fraction of sp³-hybridized carbons (Fsp3) is 0.417. The molecule has 0 bridgehead atoms. The van der Waals surface area contributed by atoms with Gasteiger partial charge in [-0.1, -0.05) is 15.9 Å². The van der Waals surface area contributed by atoms with Crippen LogP contribution in [0.25, 0.3) is 0 Å². The minimum absolute atomic E-state index is 0.0944. The van der Waals surface area contributed by atoms with Crippen molar-refractivity contribution in [1.82, 2.24) is 5.32 Å². The van der Waals surface area contributed by atoms with E-state index in [0.717, 1.165) is 19.3 Å². The Hall–Kier alpha value is -1.10. The number of carbonyl (C=O) groups is 1. The van der Waals surface area contributed by atoms with Gasteiger partial charge in [0.25, 0.3) is 5.91 Å². The van der Waals surface area contributed by atoms with Crippen molar-refractivity contribution < 1.29 is 13.9 Å². The summed E-state index contributed by atoms with van der Waals surface area (Å²) in [6.07, 6.45) is 3.21. The van der Waals surface area contributed by atoms with Crippen molar-refractivity contribution in [2.24, 2.45) is 0 Å². The van der Waals surface area contributed by atoms with Gasteiger partial charge in [0.05, 0.1) is 0 Å². The van der Waals surface area contributed by atoms with Crippen LogP contribution in [-0.4, -0.2) is 18.6 Å². The van der Waals surface area contributed by atoms with E-state index in [0.29, 0.717) is 4.47 Å². The molecule has 1 N–H and O–H groups in total. The summed E-state index contributed by atoms with van der Waals surface area (Å²) < 4.78 is 19.1. The number of carbonyl (C=O) groups excluding carboxylic acids is 1. The molecule has 92 valence electrons. The highest BCUT2D eigenvalue weighted by atomic mass is 79.9. The molecule has 1 aliphatic carbocycles. The summed E-state index contributed by atoms with van der Waals surface area (Å²) >= 11 is 3.15. The number of rotatable bonds is 4. The van der Waals surface area contributed by atoms with E-state index in [1.807, 2.05) is 0 Å². The van der Waals surface area contributed by atoms with Crippen LogP contribution in [0, 0.1) is 5.82 Å². The molecular formula is C12H13BrFNO2. The molecule has 0 saturated heterocycles. The normalized spacial score (nSPS) is 15.2. The van der Waals surface area contributed by atoms with Gasteiger partial charge in [-0.25, -0.2) is 4.39 Å². The minimum atomic E-state index is -0.476. The van der Waals surface area contributed by atoms with Gasteiger partial charge >= 0.3 is 0 Å². The molecule has 0 spiro atoms. The molecule has 1 amide bonds. The summed E-state index contributed by atoms with van der Waals surface area (Å²) in [5.41, 5.74) is 0. The summed E-state index contributed by atoms with van der Waals surface area (Å²) in [5.74, 6) is -0.579. The highest BCUT2D eigenvalue weighted by molar-refractivity contribution is 9.10. The summed E-state index contributed by atoms with van der Waals surface area (Å²) in [5, 5.41) is 2.82. The lowest BCUT2D eigenvalue weighted by Crippen LogP contribution is -2.41. The summed E-state index contributed by atoms with van der Waals surface area (Å²) in [7, 11) is 0. The minimum Gasteiger partial charge on any atom is -0.481 e. The Morgan fingerprint density at radius 2 is 2.29 bits per heavy atom. The Morgan fingerprint density at radius 1 is 1.53 bits per heavy atom.